The van der Waals surface area contributed by atoms with Gasteiger partial charge in [-0.05, 0) is 43.5 Å². The monoisotopic (exact) mass is 299 g/mol. The van der Waals surface area contributed by atoms with E-state index in [2.05, 4.69) is 5.32 Å². The molecule has 0 saturated heterocycles. The number of nitrogens with one attached hydrogen (secondary N) is 1. The van der Waals surface area contributed by atoms with Crippen molar-refractivity contribution in [3.8, 4) is 0 Å². The third kappa shape index (κ3) is 5.49. The minimum Gasteiger partial charge on any atom is -0.466 e. The second-order valence-electron chi connectivity index (χ2n) is 4.80. The van der Waals surface area contributed by atoms with Crippen molar-refractivity contribution in [3.05, 3.63) is 34.9 Å². The lowest BCUT2D eigenvalue weighted by Gasteiger charge is -2.18. The number of carbonyl (C=O) groups excluding carboxylic acids is 2. The summed E-state index contributed by atoms with van der Waals surface area (Å²) in [6.45, 7) is 4.65. The van der Waals surface area contributed by atoms with Gasteiger partial charge in [0.05, 0.1) is 13.0 Å². The van der Waals surface area contributed by atoms with Gasteiger partial charge in [-0.15, -0.1) is 0 Å². The Labute approximate surface area is 122 Å². The summed E-state index contributed by atoms with van der Waals surface area (Å²) in [7, 11) is 0. The molecule has 116 valence electrons. The number of benzene rings is 1. The number of aryl methyl sites for hydroxylation is 1. The molecule has 0 aliphatic heterocycles. The van der Waals surface area contributed by atoms with Gasteiger partial charge in [-0.3, -0.25) is 9.59 Å². The second-order valence-corrected chi connectivity index (χ2v) is 4.80. The highest BCUT2D eigenvalue weighted by molar-refractivity contribution is 5.75. The maximum absolute atomic E-state index is 13.8. The third-order valence-corrected chi connectivity index (χ3v) is 2.92. The molecular weight excluding hydrogens is 280 g/mol. The lowest BCUT2D eigenvalue weighted by Crippen LogP contribution is -2.37. The van der Waals surface area contributed by atoms with Gasteiger partial charge in [0, 0.05) is 13.0 Å². The van der Waals surface area contributed by atoms with Crippen LogP contribution in [0.15, 0.2) is 12.1 Å². The lowest BCUT2D eigenvalue weighted by atomic mass is 10.0. The van der Waals surface area contributed by atoms with Gasteiger partial charge in [-0.2, -0.15) is 0 Å². The molecule has 1 N–H and O–H groups in total. The topological polar surface area (TPSA) is 55.4 Å². The van der Waals surface area contributed by atoms with Crippen LogP contribution in [0.5, 0.6) is 0 Å². The van der Waals surface area contributed by atoms with Crippen LogP contribution in [-0.4, -0.2) is 24.5 Å². The summed E-state index contributed by atoms with van der Waals surface area (Å²) < 4.78 is 32.1. The Morgan fingerprint density at radius 1 is 1.29 bits per heavy atom. The van der Waals surface area contributed by atoms with Gasteiger partial charge in [0.2, 0.25) is 5.91 Å². The minimum atomic E-state index is -0.641. The predicted molar refractivity (Wildman–Crippen MR) is 73.7 cm³/mol. The molecule has 4 nitrogen and oxygen atoms in total. The number of hydrogen-bond donors (Lipinski definition) is 1. The van der Waals surface area contributed by atoms with Crippen LogP contribution in [0.4, 0.5) is 8.78 Å². The average Bonchev–Trinajstić information content (AvgIpc) is 2.35. The smallest absolute Gasteiger partial charge is 0.307 e. The first-order chi connectivity index (χ1) is 9.83. The average molecular weight is 299 g/mol. The fourth-order valence-corrected chi connectivity index (χ4v) is 1.99. The van der Waals surface area contributed by atoms with Crippen molar-refractivity contribution in [3.63, 3.8) is 0 Å². The van der Waals surface area contributed by atoms with Crippen LogP contribution in [0.2, 0.25) is 0 Å². The van der Waals surface area contributed by atoms with E-state index in [4.69, 9.17) is 4.74 Å². The molecule has 0 bridgehead atoms. The second kappa shape index (κ2) is 7.71. The van der Waals surface area contributed by atoms with Gasteiger partial charge in [0.25, 0.3) is 0 Å². The molecule has 0 radical (unpaired) electrons. The normalized spacial score (nSPS) is 11.9. The maximum atomic E-state index is 13.8. The fraction of sp³-hybridized carbons (Fsp3) is 0.467. The van der Waals surface area contributed by atoms with Crippen LogP contribution in [-0.2, 0) is 20.7 Å². The number of esters is 1. The highest BCUT2D eigenvalue weighted by Gasteiger charge is 2.19. The Bertz CT molecular complexity index is 532. The minimum absolute atomic E-state index is 0.0153. The van der Waals surface area contributed by atoms with Crippen molar-refractivity contribution in [2.24, 2.45) is 0 Å². The Morgan fingerprint density at radius 3 is 2.52 bits per heavy atom. The summed E-state index contributed by atoms with van der Waals surface area (Å²) in [6.07, 6.45) is -0.0796. The molecule has 1 aromatic carbocycles. The first kappa shape index (κ1) is 17.1. The Morgan fingerprint density at radius 2 is 1.95 bits per heavy atom. The van der Waals surface area contributed by atoms with E-state index in [1.54, 1.807) is 6.92 Å². The van der Waals surface area contributed by atoms with E-state index < -0.39 is 23.6 Å². The molecule has 6 heteroatoms. The molecule has 0 aliphatic rings. The van der Waals surface area contributed by atoms with Crippen molar-refractivity contribution in [1.29, 1.82) is 0 Å². The van der Waals surface area contributed by atoms with E-state index in [0.29, 0.717) is 0 Å². The lowest BCUT2D eigenvalue weighted by molar-refractivity contribution is -0.143. The van der Waals surface area contributed by atoms with E-state index in [0.717, 1.165) is 12.1 Å². The quantitative estimate of drug-likeness (QED) is 0.820. The van der Waals surface area contributed by atoms with E-state index in [1.165, 1.54) is 13.8 Å². The molecule has 0 heterocycles. The van der Waals surface area contributed by atoms with Crippen molar-refractivity contribution < 1.29 is 23.1 Å². The summed E-state index contributed by atoms with van der Waals surface area (Å²) in [5, 5.41) is 2.55. The standard InChI is InChI=1S/C15H19F2NO3/c1-4-21-15(20)8-12(18-10(3)19)6-11-7-13(16)9(2)5-14(11)17/h5,7,12H,4,6,8H2,1-3H3,(H,18,19)/t12-/m0/s1. The van der Waals surface area contributed by atoms with Gasteiger partial charge in [0.1, 0.15) is 11.6 Å². The summed E-state index contributed by atoms with van der Waals surface area (Å²) in [4.78, 5) is 22.6. The third-order valence-electron chi connectivity index (χ3n) is 2.92. The van der Waals surface area contributed by atoms with Crippen LogP contribution >= 0.6 is 0 Å². The number of hydrogen-bond acceptors (Lipinski definition) is 3. The SMILES string of the molecule is CCOC(=O)C[C@H](Cc1cc(F)c(C)cc1F)NC(C)=O. The molecule has 0 aliphatic carbocycles. The van der Waals surface area contributed by atoms with E-state index in [-0.39, 0.29) is 36.5 Å². The highest BCUT2D eigenvalue weighted by atomic mass is 19.1. The molecule has 0 spiro atoms. The van der Waals surface area contributed by atoms with Crippen molar-refractivity contribution in [2.75, 3.05) is 6.61 Å². The van der Waals surface area contributed by atoms with Crippen LogP contribution in [0, 0.1) is 18.6 Å². The molecule has 1 atom stereocenters. The molecule has 1 aromatic rings. The molecule has 1 amide bonds. The molecule has 0 fully saturated rings. The zero-order valence-electron chi connectivity index (χ0n) is 12.3. The van der Waals surface area contributed by atoms with Gasteiger partial charge in [-0.1, -0.05) is 0 Å². The molecule has 21 heavy (non-hydrogen) atoms. The Kier molecular flexibility index (Phi) is 6.27. The van der Waals surface area contributed by atoms with E-state index >= 15 is 0 Å². The maximum Gasteiger partial charge on any atom is 0.307 e. The fourth-order valence-electron chi connectivity index (χ4n) is 1.99. The largest absolute Gasteiger partial charge is 0.466 e. The van der Waals surface area contributed by atoms with Crippen LogP contribution in [0.3, 0.4) is 0 Å². The molecule has 0 aromatic heterocycles. The van der Waals surface area contributed by atoms with E-state index in [9.17, 15) is 18.4 Å². The summed E-state index contributed by atoms with van der Waals surface area (Å²) in [5.41, 5.74) is 0.318. The van der Waals surface area contributed by atoms with Crippen molar-refractivity contribution in [2.45, 2.75) is 39.7 Å². The molecule has 0 unspecified atom stereocenters. The van der Waals surface area contributed by atoms with E-state index in [1.807, 2.05) is 0 Å². The van der Waals surface area contributed by atoms with Gasteiger partial charge < -0.3 is 10.1 Å². The van der Waals surface area contributed by atoms with Crippen LogP contribution in [0.25, 0.3) is 0 Å². The molecule has 0 saturated carbocycles. The van der Waals surface area contributed by atoms with Gasteiger partial charge in [-0.25, -0.2) is 8.78 Å². The Hall–Kier alpha value is -1.98. The first-order valence-electron chi connectivity index (χ1n) is 6.70. The zero-order valence-corrected chi connectivity index (χ0v) is 12.3. The summed E-state index contributed by atoms with van der Waals surface area (Å²) in [6, 6.07) is 1.54. The highest BCUT2D eigenvalue weighted by Crippen LogP contribution is 2.17. The number of rotatable bonds is 6. The summed E-state index contributed by atoms with van der Waals surface area (Å²) >= 11 is 0. The van der Waals surface area contributed by atoms with Gasteiger partial charge >= 0.3 is 5.97 Å². The number of carbonyl (C=O) groups is 2. The van der Waals surface area contributed by atoms with Crippen molar-refractivity contribution >= 4 is 11.9 Å². The van der Waals surface area contributed by atoms with Crippen molar-refractivity contribution in [1.82, 2.24) is 5.32 Å². The van der Waals surface area contributed by atoms with Gasteiger partial charge in [0.15, 0.2) is 0 Å². The first-order valence-corrected chi connectivity index (χ1v) is 6.70. The predicted octanol–water partition coefficient (Wildman–Crippen LogP) is 2.27. The summed E-state index contributed by atoms with van der Waals surface area (Å²) in [5.74, 6) is -1.93. The van der Waals surface area contributed by atoms with Crippen LogP contribution < -0.4 is 5.32 Å². The zero-order chi connectivity index (χ0) is 16.0. The van der Waals surface area contributed by atoms with Crippen LogP contribution in [0.1, 0.15) is 31.4 Å². The number of halogens is 2. The molecule has 1 rings (SSSR count). The molecular formula is C15H19F2NO3. The number of ether oxygens (including phenoxy) is 1. The Balaban J connectivity index is 2.87. The number of amides is 1.